The van der Waals surface area contributed by atoms with Crippen molar-refractivity contribution in [1.29, 1.82) is 0 Å². The molecule has 0 saturated carbocycles. The van der Waals surface area contributed by atoms with E-state index in [1.54, 1.807) is 15.6 Å². The Kier molecular flexibility index (Phi) is 2.35. The van der Waals surface area contributed by atoms with Crippen molar-refractivity contribution < 1.29 is 0 Å². The summed E-state index contributed by atoms with van der Waals surface area (Å²) in [6.45, 7) is 0. The van der Waals surface area contributed by atoms with Crippen LogP contribution in [0.2, 0.25) is 0 Å². The third-order valence-electron chi connectivity index (χ3n) is 3.11. The van der Waals surface area contributed by atoms with Crippen molar-refractivity contribution in [3.05, 3.63) is 67.1 Å². The highest BCUT2D eigenvalue weighted by atomic mass is 15.3. The Morgan fingerprint density at radius 2 is 1.65 bits per heavy atom. The highest BCUT2D eigenvalue weighted by Gasteiger charge is 2.05. The minimum Gasteiger partial charge on any atom is -0.223 e. The summed E-state index contributed by atoms with van der Waals surface area (Å²) in [6.07, 6.45) is 5.58. The van der Waals surface area contributed by atoms with Crippen LogP contribution < -0.4 is 0 Å². The quantitative estimate of drug-likeness (QED) is 0.557. The second-order valence-corrected chi connectivity index (χ2v) is 4.44. The van der Waals surface area contributed by atoms with Crippen LogP contribution in [0.3, 0.4) is 0 Å². The molecule has 0 fully saturated rings. The lowest BCUT2D eigenvalue weighted by molar-refractivity contribution is 0.809. The van der Waals surface area contributed by atoms with E-state index in [9.17, 15) is 0 Å². The van der Waals surface area contributed by atoms with Gasteiger partial charge in [0.1, 0.15) is 0 Å². The summed E-state index contributed by atoms with van der Waals surface area (Å²) in [5.74, 6) is 1.54. The molecule has 3 aromatic heterocycles. The van der Waals surface area contributed by atoms with Crippen molar-refractivity contribution >= 4 is 10.9 Å². The first-order valence-corrected chi connectivity index (χ1v) is 6.32. The lowest BCUT2D eigenvalue weighted by Gasteiger charge is -2.03. The lowest BCUT2D eigenvalue weighted by Crippen LogP contribution is -2.03. The maximum absolute atomic E-state index is 4.58. The number of rotatable bonds is 2. The smallest absolute Gasteiger partial charge is 0.155 e. The fraction of sp³-hybridized carbons (Fsp3) is 0. The highest BCUT2D eigenvalue weighted by molar-refractivity contribution is 5.78. The van der Waals surface area contributed by atoms with Gasteiger partial charge >= 0.3 is 0 Å². The number of hydrogen-bond donors (Lipinski definition) is 0. The number of aromatic nitrogens is 5. The Labute approximate surface area is 115 Å². The third-order valence-corrected chi connectivity index (χ3v) is 3.11. The average molecular weight is 261 g/mol. The summed E-state index contributed by atoms with van der Waals surface area (Å²) in [6, 6.07) is 15.7. The van der Waals surface area contributed by atoms with E-state index in [-0.39, 0.29) is 0 Å². The minimum absolute atomic E-state index is 0.770. The van der Waals surface area contributed by atoms with Gasteiger partial charge in [0.25, 0.3) is 0 Å². The summed E-state index contributed by atoms with van der Waals surface area (Å²) in [4.78, 5) is 4.58. The molecule has 0 unspecified atom stereocenters. The normalized spacial score (nSPS) is 11.0. The van der Waals surface area contributed by atoms with Crippen LogP contribution in [0.4, 0.5) is 0 Å². The minimum atomic E-state index is 0.770. The van der Waals surface area contributed by atoms with Crippen LogP contribution in [-0.4, -0.2) is 24.5 Å². The van der Waals surface area contributed by atoms with Crippen molar-refractivity contribution in [1.82, 2.24) is 24.5 Å². The fourth-order valence-corrected chi connectivity index (χ4v) is 2.15. The van der Waals surface area contributed by atoms with Crippen molar-refractivity contribution in [3.8, 4) is 11.6 Å². The predicted octanol–water partition coefficient (Wildman–Crippen LogP) is 2.61. The number of benzene rings is 1. The summed E-state index contributed by atoms with van der Waals surface area (Å²) in [5, 5.41) is 9.81. The highest BCUT2D eigenvalue weighted by Crippen LogP contribution is 2.15. The molecule has 0 aliphatic rings. The number of nitrogens with zero attached hydrogens (tertiary/aromatic N) is 5. The molecular formula is C15H11N5. The van der Waals surface area contributed by atoms with E-state index in [4.69, 9.17) is 0 Å². The summed E-state index contributed by atoms with van der Waals surface area (Å²) >= 11 is 0. The molecule has 0 bridgehead atoms. The van der Waals surface area contributed by atoms with Crippen LogP contribution in [-0.2, 0) is 0 Å². The average Bonchev–Trinajstić information content (AvgIpc) is 3.16. The molecule has 0 amide bonds. The lowest BCUT2D eigenvalue weighted by atomic mass is 10.3. The van der Waals surface area contributed by atoms with Gasteiger partial charge in [-0.1, -0.05) is 24.3 Å². The maximum Gasteiger partial charge on any atom is 0.155 e. The zero-order chi connectivity index (χ0) is 13.4. The zero-order valence-corrected chi connectivity index (χ0v) is 10.6. The van der Waals surface area contributed by atoms with Gasteiger partial charge in [0.2, 0.25) is 0 Å². The molecule has 5 heteroatoms. The molecule has 96 valence electrons. The maximum atomic E-state index is 4.58. The Morgan fingerprint density at radius 3 is 2.45 bits per heavy atom. The molecule has 20 heavy (non-hydrogen) atoms. The van der Waals surface area contributed by atoms with Crippen molar-refractivity contribution in [3.63, 3.8) is 0 Å². The van der Waals surface area contributed by atoms with E-state index in [2.05, 4.69) is 15.2 Å². The fourth-order valence-electron chi connectivity index (χ4n) is 2.15. The predicted molar refractivity (Wildman–Crippen MR) is 76.0 cm³/mol. The Morgan fingerprint density at radius 1 is 0.800 bits per heavy atom. The Hall–Kier alpha value is -2.95. The molecule has 0 aliphatic heterocycles. The molecule has 0 spiro atoms. The monoisotopic (exact) mass is 261 g/mol. The summed E-state index contributed by atoms with van der Waals surface area (Å²) < 4.78 is 3.52. The summed E-state index contributed by atoms with van der Waals surface area (Å²) in [7, 11) is 0. The first kappa shape index (κ1) is 10.9. The van der Waals surface area contributed by atoms with Crippen LogP contribution >= 0.6 is 0 Å². The molecular weight excluding hydrogens is 250 g/mol. The standard InChI is InChI=1S/C15H11N5/c1-2-6-13-12(5-1)11-20(18-13)15-8-3-7-14(17-15)19-10-4-9-16-19/h1-11H. The molecule has 0 saturated heterocycles. The van der Waals surface area contributed by atoms with Gasteiger partial charge in [0, 0.05) is 24.0 Å². The number of hydrogen-bond acceptors (Lipinski definition) is 3. The van der Waals surface area contributed by atoms with Gasteiger partial charge in [-0.25, -0.2) is 14.3 Å². The second-order valence-electron chi connectivity index (χ2n) is 4.44. The first-order chi connectivity index (χ1) is 9.90. The molecule has 4 rings (SSSR count). The molecule has 4 aromatic rings. The topological polar surface area (TPSA) is 48.5 Å². The van der Waals surface area contributed by atoms with Crippen LogP contribution in [0.25, 0.3) is 22.5 Å². The van der Waals surface area contributed by atoms with E-state index < -0.39 is 0 Å². The summed E-state index contributed by atoms with van der Waals surface area (Å²) in [5.41, 5.74) is 0.957. The van der Waals surface area contributed by atoms with Crippen molar-refractivity contribution in [2.75, 3.05) is 0 Å². The molecule has 0 aliphatic carbocycles. The van der Waals surface area contributed by atoms with Gasteiger partial charge < -0.3 is 0 Å². The molecule has 1 aromatic carbocycles. The van der Waals surface area contributed by atoms with Gasteiger partial charge in [0.05, 0.1) is 5.52 Å². The largest absolute Gasteiger partial charge is 0.223 e. The molecule has 0 N–H and O–H groups in total. The van der Waals surface area contributed by atoms with Gasteiger partial charge in [-0.15, -0.1) is 0 Å². The first-order valence-electron chi connectivity index (χ1n) is 6.32. The van der Waals surface area contributed by atoms with E-state index in [0.29, 0.717) is 0 Å². The van der Waals surface area contributed by atoms with Crippen LogP contribution in [0, 0.1) is 0 Å². The zero-order valence-electron chi connectivity index (χ0n) is 10.6. The van der Waals surface area contributed by atoms with Crippen molar-refractivity contribution in [2.24, 2.45) is 0 Å². The van der Waals surface area contributed by atoms with Gasteiger partial charge in [-0.05, 0) is 24.3 Å². The van der Waals surface area contributed by atoms with E-state index in [1.807, 2.05) is 60.9 Å². The molecule has 0 atom stereocenters. The van der Waals surface area contributed by atoms with Gasteiger partial charge in [0.15, 0.2) is 11.6 Å². The van der Waals surface area contributed by atoms with E-state index in [0.717, 1.165) is 22.5 Å². The Bertz CT molecular complexity index is 828. The second kappa shape index (κ2) is 4.31. The number of pyridine rings is 1. The van der Waals surface area contributed by atoms with E-state index >= 15 is 0 Å². The SMILES string of the molecule is c1cc(-n2cccn2)nc(-n2cc3ccccc3n2)c1. The molecule has 5 nitrogen and oxygen atoms in total. The van der Waals surface area contributed by atoms with Crippen LogP contribution in [0.1, 0.15) is 0 Å². The van der Waals surface area contributed by atoms with E-state index in [1.165, 1.54) is 0 Å². The van der Waals surface area contributed by atoms with Gasteiger partial charge in [-0.3, -0.25) is 0 Å². The van der Waals surface area contributed by atoms with Crippen molar-refractivity contribution in [2.45, 2.75) is 0 Å². The molecule has 3 heterocycles. The van der Waals surface area contributed by atoms with Gasteiger partial charge in [-0.2, -0.15) is 10.2 Å². The third kappa shape index (κ3) is 1.76. The van der Waals surface area contributed by atoms with Crippen LogP contribution in [0.15, 0.2) is 67.1 Å². The Balaban J connectivity index is 1.84. The molecule has 0 radical (unpaired) electrons. The number of fused-ring (bicyclic) bond motifs is 1. The van der Waals surface area contributed by atoms with Crippen LogP contribution in [0.5, 0.6) is 0 Å².